The Kier molecular flexibility index (Phi) is 3.55. The fourth-order valence-electron chi connectivity index (χ4n) is 2.53. The summed E-state index contributed by atoms with van der Waals surface area (Å²) in [5.74, 6) is -1.44. The Bertz CT molecular complexity index is 608. The summed E-state index contributed by atoms with van der Waals surface area (Å²) in [6, 6.07) is 0. The van der Waals surface area contributed by atoms with E-state index in [2.05, 4.69) is 32.6 Å². The van der Waals surface area contributed by atoms with Gasteiger partial charge in [0.05, 0.1) is 0 Å². The predicted molar refractivity (Wildman–Crippen MR) is 74.7 cm³/mol. The molecule has 0 bridgehead atoms. The molecule has 22 heavy (non-hydrogen) atoms. The minimum absolute atomic E-state index is 0.150. The van der Waals surface area contributed by atoms with E-state index in [0.717, 1.165) is 12.8 Å². The quantitative estimate of drug-likeness (QED) is 0.615. The van der Waals surface area contributed by atoms with Crippen LogP contribution < -0.4 is 5.43 Å². The van der Waals surface area contributed by atoms with E-state index in [1.54, 1.807) is 6.92 Å². The molecule has 9 nitrogen and oxygen atoms in total. The van der Waals surface area contributed by atoms with Crippen molar-refractivity contribution in [2.24, 2.45) is 11.0 Å². The summed E-state index contributed by atoms with van der Waals surface area (Å²) in [7, 11) is 0. The Balaban J connectivity index is 1.71. The van der Waals surface area contributed by atoms with E-state index in [9.17, 15) is 9.59 Å². The fraction of sp³-hybridized carbons (Fsp3) is 0.615. The number of carbonyl (C=O) groups excluding carboxylic acids is 2. The van der Waals surface area contributed by atoms with Crippen molar-refractivity contribution in [2.45, 2.75) is 45.3 Å². The predicted octanol–water partition coefficient (Wildman–Crippen LogP) is 0.887. The van der Waals surface area contributed by atoms with Gasteiger partial charge in [0.25, 0.3) is 17.4 Å². The number of hydrogen-bond acceptors (Lipinski definition) is 8. The van der Waals surface area contributed by atoms with Crippen LogP contribution in [0.2, 0.25) is 0 Å². The summed E-state index contributed by atoms with van der Waals surface area (Å²) < 4.78 is 10.7. The molecule has 1 saturated carbocycles. The molecule has 3 rings (SSSR count). The Morgan fingerprint density at radius 3 is 2.45 bits per heavy atom. The number of aryl methyl sites for hydroxylation is 1. The lowest BCUT2D eigenvalue weighted by molar-refractivity contribution is -0.239. The van der Waals surface area contributed by atoms with Crippen molar-refractivity contribution in [1.82, 2.24) is 15.2 Å². The number of nitrogens with one attached hydrogen (secondary N) is 2. The lowest BCUT2D eigenvalue weighted by Gasteiger charge is -2.39. The molecule has 2 aliphatic rings. The number of esters is 2. The molecule has 0 amide bonds. The highest BCUT2D eigenvalue weighted by molar-refractivity contribution is 6.63. The molecule has 1 aliphatic heterocycles. The van der Waals surface area contributed by atoms with Gasteiger partial charge in [-0.2, -0.15) is 10.1 Å². The third-order valence-corrected chi connectivity index (χ3v) is 3.85. The zero-order chi connectivity index (χ0) is 15.7. The summed E-state index contributed by atoms with van der Waals surface area (Å²) in [6.45, 7) is 3.83. The Hall–Kier alpha value is -2.45. The summed E-state index contributed by atoms with van der Waals surface area (Å²) in [4.78, 5) is 28.0. The van der Waals surface area contributed by atoms with E-state index in [0.29, 0.717) is 24.6 Å². The van der Waals surface area contributed by atoms with Crippen LogP contribution in [0.3, 0.4) is 0 Å². The maximum absolute atomic E-state index is 12.0. The summed E-state index contributed by atoms with van der Waals surface area (Å²) in [5, 5.41) is 10.1. The third kappa shape index (κ3) is 2.78. The first-order chi connectivity index (χ1) is 10.5. The molecule has 1 saturated heterocycles. The molecule has 0 atom stereocenters. The second kappa shape index (κ2) is 5.39. The maximum Gasteiger partial charge on any atom is 0.369 e. The third-order valence-electron chi connectivity index (χ3n) is 3.85. The number of aromatic amines is 1. The second-order valence-corrected chi connectivity index (χ2v) is 5.69. The number of aromatic nitrogens is 3. The van der Waals surface area contributed by atoms with Crippen LogP contribution in [-0.4, -0.2) is 38.6 Å². The van der Waals surface area contributed by atoms with E-state index >= 15 is 0 Å². The average molecular weight is 307 g/mol. The molecule has 118 valence electrons. The molecular formula is C13H17N5O4. The van der Waals surface area contributed by atoms with Gasteiger partial charge in [0.15, 0.2) is 0 Å². The SMILES string of the molecule is Cc1nc(NN=C2C(=O)OC3(CCC(C)CC3)OC2=O)n[nH]1. The zero-order valence-corrected chi connectivity index (χ0v) is 12.4. The van der Waals surface area contributed by atoms with Gasteiger partial charge in [-0.05, 0) is 25.7 Å². The molecule has 0 unspecified atom stereocenters. The molecule has 2 heterocycles. The Morgan fingerprint density at radius 2 is 1.91 bits per heavy atom. The molecule has 1 aromatic heterocycles. The van der Waals surface area contributed by atoms with Gasteiger partial charge in [0.2, 0.25) is 0 Å². The van der Waals surface area contributed by atoms with Crippen LogP contribution in [0.15, 0.2) is 5.10 Å². The van der Waals surface area contributed by atoms with E-state index < -0.39 is 23.4 Å². The normalized spacial score (nSPS) is 28.3. The number of ether oxygens (including phenoxy) is 2. The van der Waals surface area contributed by atoms with Gasteiger partial charge in [-0.3, -0.25) is 5.10 Å². The fourth-order valence-corrected chi connectivity index (χ4v) is 2.53. The number of rotatable bonds is 2. The van der Waals surface area contributed by atoms with Crippen molar-refractivity contribution in [1.29, 1.82) is 0 Å². The van der Waals surface area contributed by atoms with Crippen LogP contribution in [0.5, 0.6) is 0 Å². The smallest absolute Gasteiger partial charge is 0.369 e. The van der Waals surface area contributed by atoms with Crippen molar-refractivity contribution < 1.29 is 19.1 Å². The lowest BCUT2D eigenvalue weighted by atomic mass is 9.86. The topological polar surface area (TPSA) is 119 Å². The van der Waals surface area contributed by atoms with Crippen molar-refractivity contribution in [3.8, 4) is 0 Å². The molecule has 1 aliphatic carbocycles. The summed E-state index contributed by atoms with van der Waals surface area (Å²) >= 11 is 0. The van der Waals surface area contributed by atoms with Gasteiger partial charge < -0.3 is 9.47 Å². The molecule has 0 aromatic carbocycles. The standard InChI is InChI=1S/C13H17N5O4/c1-7-3-5-13(6-4-7)21-10(19)9(11(20)22-13)16-18-12-14-8(2)15-17-12/h7H,3-6H2,1-2H3,(H2,14,15,17,18). The second-order valence-electron chi connectivity index (χ2n) is 5.69. The number of carbonyl (C=O) groups is 2. The number of hydrogen-bond donors (Lipinski definition) is 2. The van der Waals surface area contributed by atoms with Gasteiger partial charge in [-0.15, -0.1) is 5.10 Å². The molecule has 9 heteroatoms. The van der Waals surface area contributed by atoms with Crippen molar-refractivity contribution >= 4 is 23.6 Å². The molecule has 0 radical (unpaired) electrons. The highest BCUT2D eigenvalue weighted by Gasteiger charge is 2.48. The molecule has 2 fully saturated rings. The molecular weight excluding hydrogens is 290 g/mol. The monoisotopic (exact) mass is 307 g/mol. The first-order valence-electron chi connectivity index (χ1n) is 7.17. The van der Waals surface area contributed by atoms with E-state index in [1.165, 1.54) is 0 Å². The Morgan fingerprint density at radius 1 is 1.27 bits per heavy atom. The highest BCUT2D eigenvalue weighted by Crippen LogP contribution is 2.37. The van der Waals surface area contributed by atoms with Crippen LogP contribution >= 0.6 is 0 Å². The first kappa shape index (κ1) is 14.5. The van der Waals surface area contributed by atoms with Gasteiger partial charge in [0, 0.05) is 12.8 Å². The van der Waals surface area contributed by atoms with Gasteiger partial charge in [0.1, 0.15) is 5.82 Å². The van der Waals surface area contributed by atoms with Crippen molar-refractivity contribution in [2.75, 3.05) is 5.43 Å². The Labute approximate surface area is 126 Å². The van der Waals surface area contributed by atoms with E-state index in [4.69, 9.17) is 9.47 Å². The van der Waals surface area contributed by atoms with E-state index in [1.807, 2.05) is 0 Å². The maximum atomic E-state index is 12.0. The highest BCUT2D eigenvalue weighted by atomic mass is 16.7. The number of hydrazone groups is 1. The van der Waals surface area contributed by atoms with Crippen LogP contribution in [-0.2, 0) is 19.1 Å². The molecule has 1 spiro atoms. The number of H-pyrrole nitrogens is 1. The van der Waals surface area contributed by atoms with E-state index in [-0.39, 0.29) is 5.95 Å². The van der Waals surface area contributed by atoms with Crippen molar-refractivity contribution in [3.05, 3.63) is 5.82 Å². The van der Waals surface area contributed by atoms with Gasteiger partial charge in [-0.1, -0.05) is 6.92 Å². The van der Waals surface area contributed by atoms with Gasteiger partial charge in [-0.25, -0.2) is 15.0 Å². The van der Waals surface area contributed by atoms with Crippen LogP contribution in [0.1, 0.15) is 38.4 Å². The lowest BCUT2D eigenvalue weighted by Crippen LogP contribution is -2.52. The summed E-state index contributed by atoms with van der Waals surface area (Å²) in [6.07, 6.45) is 2.74. The van der Waals surface area contributed by atoms with Crippen LogP contribution in [0.4, 0.5) is 5.95 Å². The van der Waals surface area contributed by atoms with Crippen LogP contribution in [0, 0.1) is 12.8 Å². The number of nitrogens with zero attached hydrogens (tertiary/aromatic N) is 3. The zero-order valence-electron chi connectivity index (χ0n) is 12.4. The molecule has 2 N–H and O–H groups in total. The first-order valence-corrected chi connectivity index (χ1v) is 7.17. The van der Waals surface area contributed by atoms with Crippen molar-refractivity contribution in [3.63, 3.8) is 0 Å². The minimum atomic E-state index is -1.12. The minimum Gasteiger partial charge on any atom is -0.417 e. The number of anilines is 1. The van der Waals surface area contributed by atoms with Crippen LogP contribution in [0.25, 0.3) is 0 Å². The summed E-state index contributed by atoms with van der Waals surface area (Å²) in [5.41, 5.74) is 1.99. The largest absolute Gasteiger partial charge is 0.417 e. The molecule has 1 aromatic rings. The van der Waals surface area contributed by atoms with Gasteiger partial charge >= 0.3 is 11.9 Å². The average Bonchev–Trinajstić information content (AvgIpc) is 2.87.